The predicted octanol–water partition coefficient (Wildman–Crippen LogP) is 3.63. The maximum absolute atomic E-state index is 11.0. The third-order valence-electron chi connectivity index (χ3n) is 3.69. The van der Waals surface area contributed by atoms with E-state index in [9.17, 15) is 9.90 Å². The number of aromatic hydroxyl groups is 1. The molecule has 2 N–H and O–H groups in total. The molecule has 0 saturated heterocycles. The van der Waals surface area contributed by atoms with Gasteiger partial charge in [0.05, 0.1) is 6.42 Å². The number of phenols is 1. The van der Waals surface area contributed by atoms with Crippen molar-refractivity contribution in [2.75, 3.05) is 0 Å². The molecule has 0 bridgehead atoms. The van der Waals surface area contributed by atoms with Crippen molar-refractivity contribution in [3.8, 4) is 5.75 Å². The molecule has 1 atom stereocenters. The van der Waals surface area contributed by atoms with E-state index in [4.69, 9.17) is 16.7 Å². The second kappa shape index (κ2) is 4.81. The molecule has 3 nitrogen and oxygen atoms in total. The van der Waals surface area contributed by atoms with Gasteiger partial charge in [-0.15, -0.1) is 0 Å². The van der Waals surface area contributed by atoms with Crippen LogP contribution in [-0.2, 0) is 4.79 Å². The Bertz CT molecular complexity index is 492. The van der Waals surface area contributed by atoms with Gasteiger partial charge in [-0.3, -0.25) is 4.79 Å². The van der Waals surface area contributed by atoms with Crippen molar-refractivity contribution in [2.45, 2.75) is 39.0 Å². The summed E-state index contributed by atoms with van der Waals surface area (Å²) in [5, 5.41) is 19.6. The number of hydrogen-bond donors (Lipinski definition) is 2. The first-order valence-electron chi connectivity index (χ1n) is 6.12. The zero-order valence-electron chi connectivity index (χ0n) is 10.5. The molecular formula is C14H17ClO3. The third kappa shape index (κ3) is 2.46. The maximum atomic E-state index is 11.0. The molecule has 1 saturated carbocycles. The van der Waals surface area contributed by atoms with Gasteiger partial charge in [0.15, 0.2) is 0 Å². The van der Waals surface area contributed by atoms with Crippen molar-refractivity contribution < 1.29 is 15.0 Å². The van der Waals surface area contributed by atoms with Gasteiger partial charge < -0.3 is 10.2 Å². The van der Waals surface area contributed by atoms with E-state index in [0.29, 0.717) is 10.9 Å². The van der Waals surface area contributed by atoms with E-state index < -0.39 is 5.97 Å². The summed E-state index contributed by atoms with van der Waals surface area (Å²) in [5.74, 6) is -0.284. The SMILES string of the molecule is Cc1cc(Cl)c(C(CC(=O)O)C2CC2)c(C)c1O. The zero-order chi connectivity index (χ0) is 13.4. The molecule has 0 aliphatic heterocycles. The highest BCUT2D eigenvalue weighted by Gasteiger charge is 2.36. The summed E-state index contributed by atoms with van der Waals surface area (Å²) in [6.45, 7) is 3.60. The van der Waals surface area contributed by atoms with Gasteiger partial charge in [0, 0.05) is 5.02 Å². The maximum Gasteiger partial charge on any atom is 0.303 e. The Kier molecular flexibility index (Phi) is 3.53. The molecule has 2 rings (SSSR count). The highest BCUT2D eigenvalue weighted by atomic mass is 35.5. The Balaban J connectivity index is 2.47. The largest absolute Gasteiger partial charge is 0.507 e. The number of aryl methyl sites for hydroxylation is 1. The minimum Gasteiger partial charge on any atom is -0.507 e. The van der Waals surface area contributed by atoms with Gasteiger partial charge in [0.25, 0.3) is 0 Å². The van der Waals surface area contributed by atoms with Crippen LogP contribution < -0.4 is 0 Å². The van der Waals surface area contributed by atoms with E-state index in [0.717, 1.165) is 29.5 Å². The molecule has 0 spiro atoms. The first-order chi connectivity index (χ1) is 8.41. The summed E-state index contributed by atoms with van der Waals surface area (Å²) in [6, 6.07) is 1.72. The summed E-state index contributed by atoms with van der Waals surface area (Å²) in [6.07, 6.45) is 2.17. The summed E-state index contributed by atoms with van der Waals surface area (Å²) >= 11 is 6.25. The fourth-order valence-corrected chi connectivity index (χ4v) is 3.03. The monoisotopic (exact) mass is 268 g/mol. The molecular weight excluding hydrogens is 252 g/mol. The fraction of sp³-hybridized carbons (Fsp3) is 0.500. The van der Waals surface area contributed by atoms with E-state index in [1.165, 1.54) is 0 Å². The summed E-state index contributed by atoms with van der Waals surface area (Å²) < 4.78 is 0. The number of aliphatic carboxylic acids is 1. The number of hydrogen-bond acceptors (Lipinski definition) is 2. The quantitative estimate of drug-likeness (QED) is 0.877. The third-order valence-corrected chi connectivity index (χ3v) is 4.00. The Labute approximate surface area is 111 Å². The van der Waals surface area contributed by atoms with Crippen LogP contribution in [0.3, 0.4) is 0 Å². The van der Waals surface area contributed by atoms with Crippen LogP contribution in [0.25, 0.3) is 0 Å². The first-order valence-corrected chi connectivity index (χ1v) is 6.50. The van der Waals surface area contributed by atoms with Gasteiger partial charge in [-0.25, -0.2) is 0 Å². The van der Waals surface area contributed by atoms with E-state index >= 15 is 0 Å². The fourth-order valence-electron chi connectivity index (χ4n) is 2.58. The van der Waals surface area contributed by atoms with Crippen LogP contribution in [0, 0.1) is 19.8 Å². The lowest BCUT2D eigenvalue weighted by molar-refractivity contribution is -0.137. The Morgan fingerprint density at radius 2 is 2.11 bits per heavy atom. The van der Waals surface area contributed by atoms with Crippen LogP contribution in [0.4, 0.5) is 0 Å². The molecule has 0 heterocycles. The average Bonchev–Trinajstić information content (AvgIpc) is 3.08. The molecule has 98 valence electrons. The second-order valence-corrected chi connectivity index (χ2v) is 5.51. The van der Waals surface area contributed by atoms with Gasteiger partial charge in [-0.2, -0.15) is 0 Å². The summed E-state index contributed by atoms with van der Waals surface area (Å²) in [5.41, 5.74) is 2.26. The zero-order valence-corrected chi connectivity index (χ0v) is 11.3. The number of rotatable bonds is 4. The van der Waals surface area contributed by atoms with Crippen LogP contribution in [0.5, 0.6) is 5.75 Å². The number of carboxylic acid groups (broad SMARTS) is 1. The van der Waals surface area contributed by atoms with Crippen molar-refractivity contribution in [3.05, 3.63) is 27.8 Å². The van der Waals surface area contributed by atoms with Crippen LogP contribution in [-0.4, -0.2) is 16.2 Å². The smallest absolute Gasteiger partial charge is 0.303 e. The van der Waals surface area contributed by atoms with Gasteiger partial charge in [-0.05, 0) is 61.3 Å². The second-order valence-electron chi connectivity index (χ2n) is 5.10. The van der Waals surface area contributed by atoms with E-state index in [2.05, 4.69) is 0 Å². The minimum absolute atomic E-state index is 0.0771. The Morgan fingerprint density at radius 1 is 1.50 bits per heavy atom. The van der Waals surface area contributed by atoms with Crippen molar-refractivity contribution in [1.29, 1.82) is 0 Å². The minimum atomic E-state index is -0.817. The molecule has 4 heteroatoms. The van der Waals surface area contributed by atoms with E-state index in [1.807, 2.05) is 0 Å². The molecule has 0 aromatic heterocycles. The Hall–Kier alpha value is -1.22. The normalized spacial score (nSPS) is 16.6. The molecule has 18 heavy (non-hydrogen) atoms. The molecule has 1 unspecified atom stereocenters. The summed E-state index contributed by atoms with van der Waals surface area (Å²) in [7, 11) is 0. The average molecular weight is 269 g/mol. The molecule has 1 aromatic rings. The lowest BCUT2D eigenvalue weighted by Gasteiger charge is -2.20. The van der Waals surface area contributed by atoms with Crippen molar-refractivity contribution in [2.24, 2.45) is 5.92 Å². The number of phenolic OH excluding ortho intramolecular Hbond substituents is 1. The van der Waals surface area contributed by atoms with Crippen LogP contribution in [0.1, 0.15) is 41.9 Å². The Morgan fingerprint density at radius 3 is 2.61 bits per heavy atom. The number of carbonyl (C=O) groups is 1. The molecule has 1 aliphatic rings. The van der Waals surface area contributed by atoms with Gasteiger partial charge in [-0.1, -0.05) is 11.6 Å². The van der Waals surface area contributed by atoms with Gasteiger partial charge >= 0.3 is 5.97 Å². The van der Waals surface area contributed by atoms with Gasteiger partial charge in [0.1, 0.15) is 5.75 Å². The van der Waals surface area contributed by atoms with Crippen LogP contribution >= 0.6 is 11.6 Å². The predicted molar refractivity (Wildman–Crippen MR) is 70.3 cm³/mol. The van der Waals surface area contributed by atoms with Crippen LogP contribution in [0.2, 0.25) is 5.02 Å². The highest BCUT2D eigenvalue weighted by molar-refractivity contribution is 6.31. The van der Waals surface area contributed by atoms with E-state index in [-0.39, 0.29) is 18.1 Å². The van der Waals surface area contributed by atoms with Crippen molar-refractivity contribution >= 4 is 17.6 Å². The topological polar surface area (TPSA) is 57.5 Å². The van der Waals surface area contributed by atoms with Crippen LogP contribution in [0.15, 0.2) is 6.07 Å². The molecule has 0 radical (unpaired) electrons. The molecule has 1 fully saturated rings. The standard InChI is InChI=1S/C14H17ClO3/c1-7-5-11(15)13(8(2)14(7)18)10(6-12(16)17)9-3-4-9/h5,9-10,18H,3-4,6H2,1-2H3,(H,16,17). The van der Waals surface area contributed by atoms with Gasteiger partial charge in [0.2, 0.25) is 0 Å². The number of benzene rings is 1. The van der Waals surface area contributed by atoms with Crippen molar-refractivity contribution in [3.63, 3.8) is 0 Å². The molecule has 1 aromatic carbocycles. The summed E-state index contributed by atoms with van der Waals surface area (Å²) in [4.78, 5) is 11.0. The van der Waals surface area contributed by atoms with E-state index in [1.54, 1.807) is 19.9 Å². The molecule has 0 amide bonds. The highest BCUT2D eigenvalue weighted by Crippen LogP contribution is 2.48. The molecule has 1 aliphatic carbocycles. The number of carboxylic acids is 1. The van der Waals surface area contributed by atoms with Crippen molar-refractivity contribution in [1.82, 2.24) is 0 Å². The lowest BCUT2D eigenvalue weighted by Crippen LogP contribution is -2.11. The lowest BCUT2D eigenvalue weighted by atomic mass is 9.86. The number of halogens is 1. The first kappa shape index (κ1) is 13.2.